The number of carbonyl (C=O) groups is 2. The molecule has 192 valence electrons. The molecule has 0 spiro atoms. The lowest BCUT2D eigenvalue weighted by atomic mass is 9.43. The van der Waals surface area contributed by atoms with Crippen LogP contribution in [0.1, 0.15) is 58.4 Å². The molecule has 1 aromatic rings. The van der Waals surface area contributed by atoms with Gasteiger partial charge in [-0.1, -0.05) is 44.2 Å². The lowest BCUT2D eigenvalue weighted by Crippen LogP contribution is -2.65. The predicted molar refractivity (Wildman–Crippen MR) is 133 cm³/mol. The van der Waals surface area contributed by atoms with Gasteiger partial charge in [0.1, 0.15) is 12.5 Å². The zero-order chi connectivity index (χ0) is 25.5. The number of amides is 2. The Bertz CT molecular complexity index is 1030. The number of hydrogen-bond acceptors (Lipinski definition) is 6. The molecule has 2 bridgehead atoms. The Morgan fingerprint density at radius 3 is 2.78 bits per heavy atom. The summed E-state index contributed by atoms with van der Waals surface area (Å²) in [4.78, 5) is 26.8. The second-order valence-corrected chi connectivity index (χ2v) is 11.6. The largest absolute Gasteiger partial charge is 0.482 e. The SMILES string of the molecule is CC1(C)C2CC1[C@]1(C)OB(C(Cc3ccccc3)NC(=O)O[C@@H]3CCCN(C(=O)CC#N)C3)O[C@@H]1C2. The van der Waals surface area contributed by atoms with E-state index in [1.165, 1.54) is 0 Å². The van der Waals surface area contributed by atoms with Crippen LogP contribution in [0, 0.1) is 28.6 Å². The zero-order valence-electron chi connectivity index (χ0n) is 21.4. The van der Waals surface area contributed by atoms with E-state index in [-0.39, 0.29) is 29.4 Å². The van der Waals surface area contributed by atoms with E-state index in [2.05, 4.69) is 26.1 Å². The molecule has 3 aliphatic carbocycles. The number of rotatable bonds is 6. The van der Waals surface area contributed by atoms with Crippen LogP contribution in [0.2, 0.25) is 0 Å². The number of nitrogens with one attached hydrogen (secondary N) is 1. The van der Waals surface area contributed by atoms with Crippen molar-refractivity contribution in [1.29, 1.82) is 5.26 Å². The molecule has 2 amide bonds. The Kier molecular flexibility index (Phi) is 6.77. The highest BCUT2D eigenvalue weighted by Gasteiger charge is 2.68. The lowest BCUT2D eigenvalue weighted by Gasteiger charge is -2.64. The summed E-state index contributed by atoms with van der Waals surface area (Å²) in [6, 6.07) is 11.9. The van der Waals surface area contributed by atoms with Crippen molar-refractivity contribution < 1.29 is 23.6 Å². The third kappa shape index (κ3) is 4.61. The summed E-state index contributed by atoms with van der Waals surface area (Å²) in [6.07, 6.45) is 3.03. The van der Waals surface area contributed by atoms with Crippen molar-refractivity contribution >= 4 is 19.1 Å². The van der Waals surface area contributed by atoms with Crippen molar-refractivity contribution in [3.05, 3.63) is 35.9 Å². The fourth-order valence-corrected chi connectivity index (χ4v) is 6.93. The smallest absolute Gasteiger partial charge is 0.444 e. The molecular weight excluding hydrogens is 457 g/mol. The van der Waals surface area contributed by atoms with Gasteiger partial charge < -0.3 is 24.3 Å². The first-order valence-electron chi connectivity index (χ1n) is 13.2. The van der Waals surface area contributed by atoms with Crippen molar-refractivity contribution in [1.82, 2.24) is 10.2 Å². The summed E-state index contributed by atoms with van der Waals surface area (Å²) in [7, 11) is -0.567. The quantitative estimate of drug-likeness (QED) is 0.609. The van der Waals surface area contributed by atoms with Gasteiger partial charge in [0, 0.05) is 6.54 Å². The number of carbonyl (C=O) groups excluding carboxylic acids is 2. The number of nitrogens with zero attached hydrogens (tertiary/aromatic N) is 2. The third-order valence-corrected chi connectivity index (χ3v) is 9.13. The van der Waals surface area contributed by atoms with Crippen LogP contribution >= 0.6 is 0 Å². The topological polar surface area (TPSA) is 101 Å². The van der Waals surface area contributed by atoms with Crippen LogP contribution in [0.25, 0.3) is 0 Å². The molecule has 2 aliphatic heterocycles. The summed E-state index contributed by atoms with van der Waals surface area (Å²) in [5.74, 6) is 0.439. The van der Waals surface area contributed by atoms with Gasteiger partial charge >= 0.3 is 13.2 Å². The average Bonchev–Trinajstić information content (AvgIpc) is 3.21. The van der Waals surface area contributed by atoms with Gasteiger partial charge in [0.25, 0.3) is 0 Å². The molecule has 0 radical (unpaired) electrons. The van der Waals surface area contributed by atoms with Gasteiger partial charge in [-0.15, -0.1) is 0 Å². The first kappa shape index (κ1) is 25.1. The first-order chi connectivity index (χ1) is 17.2. The number of hydrogen-bond donors (Lipinski definition) is 1. The van der Waals surface area contributed by atoms with Crippen molar-refractivity contribution in [3.8, 4) is 6.07 Å². The second kappa shape index (κ2) is 9.72. The predicted octanol–water partition coefficient (Wildman–Crippen LogP) is 3.50. The van der Waals surface area contributed by atoms with E-state index >= 15 is 0 Å². The molecule has 1 aromatic carbocycles. The second-order valence-electron chi connectivity index (χ2n) is 11.6. The van der Waals surface area contributed by atoms with Gasteiger partial charge in [-0.3, -0.25) is 4.79 Å². The van der Waals surface area contributed by atoms with E-state index in [1.54, 1.807) is 4.90 Å². The van der Waals surface area contributed by atoms with Crippen molar-refractivity contribution in [2.75, 3.05) is 13.1 Å². The molecule has 5 aliphatic rings. The molecule has 3 unspecified atom stereocenters. The summed E-state index contributed by atoms with van der Waals surface area (Å²) in [6.45, 7) is 7.73. The van der Waals surface area contributed by atoms with Gasteiger partial charge in [0.05, 0.1) is 30.3 Å². The van der Waals surface area contributed by atoms with Crippen LogP contribution in [-0.2, 0) is 25.3 Å². The van der Waals surface area contributed by atoms with E-state index in [0.717, 1.165) is 24.8 Å². The molecule has 5 fully saturated rings. The molecule has 3 saturated carbocycles. The van der Waals surface area contributed by atoms with Crippen molar-refractivity contribution in [3.63, 3.8) is 0 Å². The number of piperidine rings is 1. The van der Waals surface area contributed by atoms with E-state index in [1.807, 2.05) is 36.4 Å². The summed E-state index contributed by atoms with van der Waals surface area (Å²) >= 11 is 0. The minimum atomic E-state index is -0.567. The van der Waals surface area contributed by atoms with Crippen LogP contribution in [-0.4, -0.2) is 60.9 Å². The van der Waals surface area contributed by atoms with Gasteiger partial charge in [-0.05, 0) is 61.8 Å². The molecule has 8 nitrogen and oxygen atoms in total. The monoisotopic (exact) mass is 493 g/mol. The zero-order valence-corrected chi connectivity index (χ0v) is 21.4. The molecule has 9 heteroatoms. The standard InChI is InChI=1S/C27H36BN3O5/c1-26(2)19-15-21(26)27(3)22(16-19)35-28(36-27)23(14-18-8-5-4-6-9-18)30-25(33)34-20-10-7-13-31(17-20)24(32)11-12-29/h4-6,8-9,19-23H,7,10-11,13-17H2,1-3H3,(H,30,33)/t19?,20-,21?,22-,23?,27+/m1/s1. The Morgan fingerprint density at radius 2 is 2.06 bits per heavy atom. The van der Waals surface area contributed by atoms with E-state index < -0.39 is 25.3 Å². The van der Waals surface area contributed by atoms with Crippen LogP contribution < -0.4 is 5.32 Å². The Balaban J connectivity index is 1.26. The number of ether oxygens (including phenoxy) is 1. The molecule has 6 rings (SSSR count). The first-order valence-corrected chi connectivity index (χ1v) is 13.2. The molecule has 6 atom stereocenters. The summed E-state index contributed by atoms with van der Waals surface area (Å²) < 4.78 is 18.9. The molecule has 36 heavy (non-hydrogen) atoms. The van der Waals surface area contributed by atoms with E-state index in [9.17, 15) is 9.59 Å². The highest BCUT2D eigenvalue weighted by atomic mass is 16.7. The van der Waals surface area contributed by atoms with Crippen molar-refractivity contribution in [2.24, 2.45) is 17.3 Å². The summed E-state index contributed by atoms with van der Waals surface area (Å²) in [5, 5.41) is 11.9. The Labute approximate surface area is 213 Å². The van der Waals surface area contributed by atoms with Gasteiger partial charge in [0.2, 0.25) is 5.91 Å². The third-order valence-electron chi connectivity index (χ3n) is 9.13. The normalized spacial score (nSPS) is 33.1. The van der Waals surface area contributed by atoms with Crippen LogP contribution in [0.3, 0.4) is 0 Å². The van der Waals surface area contributed by atoms with E-state index in [0.29, 0.717) is 37.8 Å². The minimum absolute atomic E-state index is 0.0217. The maximum atomic E-state index is 13.0. The van der Waals surface area contributed by atoms with Crippen molar-refractivity contribution in [2.45, 2.75) is 83.0 Å². The minimum Gasteiger partial charge on any atom is -0.444 e. The van der Waals surface area contributed by atoms with Gasteiger partial charge in [0.15, 0.2) is 0 Å². The van der Waals surface area contributed by atoms with Crippen LogP contribution in [0.4, 0.5) is 4.79 Å². The van der Waals surface area contributed by atoms with Gasteiger partial charge in [-0.2, -0.15) is 5.26 Å². The van der Waals surface area contributed by atoms with Crippen LogP contribution in [0.5, 0.6) is 0 Å². The van der Waals surface area contributed by atoms with Gasteiger partial charge in [-0.25, -0.2) is 4.79 Å². The Hall–Kier alpha value is -2.57. The fourth-order valence-electron chi connectivity index (χ4n) is 6.93. The van der Waals surface area contributed by atoms with E-state index in [4.69, 9.17) is 19.3 Å². The molecular formula is C27H36BN3O5. The number of alkyl carbamates (subject to hydrolysis) is 1. The molecule has 2 heterocycles. The number of nitriles is 1. The van der Waals surface area contributed by atoms with Crippen LogP contribution in [0.15, 0.2) is 30.3 Å². The average molecular weight is 493 g/mol. The lowest BCUT2D eigenvalue weighted by molar-refractivity contribution is -0.199. The molecule has 2 saturated heterocycles. The highest BCUT2D eigenvalue weighted by molar-refractivity contribution is 6.47. The highest BCUT2D eigenvalue weighted by Crippen LogP contribution is 2.65. The summed E-state index contributed by atoms with van der Waals surface area (Å²) in [5.41, 5.74) is 0.945. The number of benzene rings is 1. The Morgan fingerprint density at radius 1 is 1.28 bits per heavy atom. The molecule has 0 aromatic heterocycles. The number of likely N-dealkylation sites (tertiary alicyclic amines) is 1. The molecule has 1 N–H and O–H groups in total. The fraction of sp³-hybridized carbons (Fsp3) is 0.667. The maximum absolute atomic E-state index is 13.0. The maximum Gasteiger partial charge on any atom is 0.482 e.